The maximum Gasteiger partial charge on any atom is 0.119 e. The molecule has 0 radical (unpaired) electrons. The Kier molecular flexibility index (Phi) is 2.43. The zero-order chi connectivity index (χ0) is 11.8. The van der Waals surface area contributed by atoms with Crippen molar-refractivity contribution in [3.05, 3.63) is 41.6 Å². The molecule has 0 saturated heterocycles. The van der Waals surface area contributed by atoms with Gasteiger partial charge in [-0.25, -0.2) is 0 Å². The molecule has 2 nitrogen and oxygen atoms in total. The number of allylic oxidation sites excluding steroid dienone is 3. The van der Waals surface area contributed by atoms with Crippen molar-refractivity contribution >= 4 is 11.3 Å². The summed E-state index contributed by atoms with van der Waals surface area (Å²) in [5.41, 5.74) is 6.31. The minimum absolute atomic E-state index is 0.895. The SMILES string of the molecule is C=C1C2=C(CCCC2)Nc2ccc(OC)cc21. The van der Waals surface area contributed by atoms with Crippen molar-refractivity contribution in [1.29, 1.82) is 0 Å². The third-order valence-electron chi connectivity index (χ3n) is 3.67. The van der Waals surface area contributed by atoms with Crippen LogP contribution in [0.25, 0.3) is 5.57 Å². The Balaban J connectivity index is 2.07. The molecule has 0 saturated carbocycles. The summed E-state index contributed by atoms with van der Waals surface area (Å²) in [7, 11) is 1.70. The van der Waals surface area contributed by atoms with Gasteiger partial charge >= 0.3 is 0 Å². The molecular formula is C15H17NO. The summed E-state index contributed by atoms with van der Waals surface area (Å²) in [6.45, 7) is 4.26. The van der Waals surface area contributed by atoms with E-state index >= 15 is 0 Å². The van der Waals surface area contributed by atoms with Crippen LogP contribution in [0.4, 0.5) is 5.69 Å². The summed E-state index contributed by atoms with van der Waals surface area (Å²) in [6.07, 6.45) is 4.86. The second-order valence-corrected chi connectivity index (χ2v) is 4.68. The van der Waals surface area contributed by atoms with Crippen molar-refractivity contribution in [2.45, 2.75) is 25.7 Å². The van der Waals surface area contributed by atoms with Crippen molar-refractivity contribution in [2.75, 3.05) is 12.4 Å². The highest BCUT2D eigenvalue weighted by atomic mass is 16.5. The predicted molar refractivity (Wildman–Crippen MR) is 71.1 cm³/mol. The summed E-state index contributed by atoms with van der Waals surface area (Å²) in [4.78, 5) is 0. The van der Waals surface area contributed by atoms with Gasteiger partial charge in [0, 0.05) is 16.9 Å². The fraction of sp³-hybridized carbons (Fsp3) is 0.333. The first-order valence-electron chi connectivity index (χ1n) is 6.16. The van der Waals surface area contributed by atoms with Crippen LogP contribution < -0.4 is 10.1 Å². The molecule has 0 bridgehead atoms. The molecule has 0 spiro atoms. The summed E-state index contributed by atoms with van der Waals surface area (Å²) in [5, 5.41) is 3.54. The molecule has 0 amide bonds. The van der Waals surface area contributed by atoms with Crippen LogP contribution >= 0.6 is 0 Å². The molecule has 0 fully saturated rings. The van der Waals surface area contributed by atoms with Crippen LogP contribution in [0.5, 0.6) is 5.75 Å². The minimum Gasteiger partial charge on any atom is -0.497 e. The van der Waals surface area contributed by atoms with Gasteiger partial charge in [0.2, 0.25) is 0 Å². The molecule has 1 aliphatic heterocycles. The first kappa shape index (κ1) is 10.5. The first-order valence-corrected chi connectivity index (χ1v) is 6.16. The van der Waals surface area contributed by atoms with Gasteiger partial charge in [0.05, 0.1) is 7.11 Å². The van der Waals surface area contributed by atoms with Crippen LogP contribution in [0.2, 0.25) is 0 Å². The average Bonchev–Trinajstić information content (AvgIpc) is 2.39. The Hall–Kier alpha value is -1.70. The second-order valence-electron chi connectivity index (χ2n) is 4.68. The lowest BCUT2D eigenvalue weighted by Gasteiger charge is -2.30. The van der Waals surface area contributed by atoms with E-state index in [9.17, 15) is 0 Å². The maximum atomic E-state index is 5.28. The molecule has 1 N–H and O–H groups in total. The van der Waals surface area contributed by atoms with Gasteiger partial charge in [-0.05, 0) is 55.0 Å². The van der Waals surface area contributed by atoms with E-state index in [1.54, 1.807) is 7.11 Å². The van der Waals surface area contributed by atoms with Gasteiger partial charge in [0.15, 0.2) is 0 Å². The highest BCUT2D eigenvalue weighted by Crippen LogP contribution is 2.42. The van der Waals surface area contributed by atoms with Crippen LogP contribution in [0, 0.1) is 0 Å². The standard InChI is InChI=1S/C15H17NO/c1-10-12-5-3-4-6-14(12)16-15-8-7-11(17-2)9-13(10)15/h7-9,16H,1,3-6H2,2H3. The smallest absolute Gasteiger partial charge is 0.119 e. The van der Waals surface area contributed by atoms with Crippen molar-refractivity contribution in [3.8, 4) is 5.75 Å². The number of hydrogen-bond acceptors (Lipinski definition) is 2. The van der Waals surface area contributed by atoms with Crippen molar-refractivity contribution in [2.24, 2.45) is 0 Å². The van der Waals surface area contributed by atoms with Gasteiger partial charge in [-0.1, -0.05) is 6.58 Å². The van der Waals surface area contributed by atoms with Gasteiger partial charge < -0.3 is 10.1 Å². The number of methoxy groups -OCH3 is 1. The molecule has 0 atom stereocenters. The molecule has 3 rings (SSSR count). The molecule has 1 heterocycles. The molecular weight excluding hydrogens is 210 g/mol. The minimum atomic E-state index is 0.895. The number of fused-ring (bicyclic) bond motifs is 1. The number of ether oxygens (including phenoxy) is 1. The summed E-state index contributed by atoms with van der Waals surface area (Å²) in [5.74, 6) is 0.895. The van der Waals surface area contributed by atoms with E-state index in [2.05, 4.69) is 24.0 Å². The Morgan fingerprint density at radius 2 is 2.06 bits per heavy atom. The van der Waals surface area contributed by atoms with Crippen molar-refractivity contribution < 1.29 is 4.74 Å². The molecule has 1 aliphatic carbocycles. The third-order valence-corrected chi connectivity index (χ3v) is 3.67. The molecule has 88 valence electrons. The highest BCUT2D eigenvalue weighted by molar-refractivity contribution is 5.90. The van der Waals surface area contributed by atoms with E-state index in [-0.39, 0.29) is 0 Å². The Morgan fingerprint density at radius 1 is 1.24 bits per heavy atom. The van der Waals surface area contributed by atoms with Crippen LogP contribution in [0.3, 0.4) is 0 Å². The van der Waals surface area contributed by atoms with E-state index in [0.29, 0.717) is 0 Å². The number of rotatable bonds is 1. The number of benzene rings is 1. The van der Waals surface area contributed by atoms with Gasteiger partial charge in [-0.2, -0.15) is 0 Å². The van der Waals surface area contributed by atoms with Gasteiger partial charge in [0.25, 0.3) is 0 Å². The van der Waals surface area contributed by atoms with E-state index in [1.165, 1.54) is 35.2 Å². The fourth-order valence-electron chi connectivity index (χ4n) is 2.71. The largest absolute Gasteiger partial charge is 0.497 e. The lowest BCUT2D eigenvalue weighted by Crippen LogP contribution is -2.15. The van der Waals surface area contributed by atoms with E-state index in [4.69, 9.17) is 4.74 Å². The molecule has 2 aliphatic rings. The van der Waals surface area contributed by atoms with Crippen molar-refractivity contribution in [3.63, 3.8) is 0 Å². The number of hydrogen-bond donors (Lipinski definition) is 1. The molecule has 0 unspecified atom stereocenters. The summed E-state index contributed by atoms with van der Waals surface area (Å²) < 4.78 is 5.28. The third kappa shape index (κ3) is 1.64. The summed E-state index contributed by atoms with van der Waals surface area (Å²) >= 11 is 0. The quantitative estimate of drug-likeness (QED) is 0.784. The Morgan fingerprint density at radius 3 is 2.88 bits per heavy atom. The van der Waals surface area contributed by atoms with Gasteiger partial charge in [0.1, 0.15) is 5.75 Å². The average molecular weight is 227 g/mol. The zero-order valence-corrected chi connectivity index (χ0v) is 10.2. The monoisotopic (exact) mass is 227 g/mol. The lowest BCUT2D eigenvalue weighted by molar-refractivity contribution is 0.414. The van der Waals surface area contributed by atoms with E-state index < -0.39 is 0 Å². The van der Waals surface area contributed by atoms with Crippen molar-refractivity contribution in [1.82, 2.24) is 0 Å². The predicted octanol–water partition coefficient (Wildman–Crippen LogP) is 3.96. The molecule has 2 heteroatoms. The maximum absolute atomic E-state index is 5.28. The number of anilines is 1. The molecule has 1 aromatic rings. The highest BCUT2D eigenvalue weighted by Gasteiger charge is 2.23. The lowest BCUT2D eigenvalue weighted by atomic mass is 9.85. The fourth-order valence-corrected chi connectivity index (χ4v) is 2.71. The topological polar surface area (TPSA) is 21.3 Å². The summed E-state index contributed by atoms with van der Waals surface area (Å²) in [6, 6.07) is 6.15. The van der Waals surface area contributed by atoms with E-state index in [0.717, 1.165) is 24.3 Å². The zero-order valence-electron chi connectivity index (χ0n) is 10.2. The first-order chi connectivity index (χ1) is 8.29. The molecule has 17 heavy (non-hydrogen) atoms. The van der Waals surface area contributed by atoms with Crippen LogP contribution in [-0.4, -0.2) is 7.11 Å². The van der Waals surface area contributed by atoms with Crippen LogP contribution in [0.1, 0.15) is 31.2 Å². The Labute approximate surface area is 102 Å². The van der Waals surface area contributed by atoms with Crippen LogP contribution in [0.15, 0.2) is 36.0 Å². The van der Waals surface area contributed by atoms with Gasteiger partial charge in [-0.3, -0.25) is 0 Å². The second kappa shape index (κ2) is 3.95. The molecule has 1 aromatic carbocycles. The molecule has 0 aromatic heterocycles. The Bertz CT molecular complexity index is 514. The van der Waals surface area contributed by atoms with Gasteiger partial charge in [-0.15, -0.1) is 0 Å². The normalized spacial score (nSPS) is 18.3. The number of nitrogens with one attached hydrogen (secondary N) is 1. The van der Waals surface area contributed by atoms with Crippen LogP contribution in [-0.2, 0) is 0 Å². The van der Waals surface area contributed by atoms with E-state index in [1.807, 2.05) is 6.07 Å².